The topological polar surface area (TPSA) is 41.4 Å². The molecule has 30 heavy (non-hydrogen) atoms. The van der Waals surface area contributed by atoms with Crippen molar-refractivity contribution in [3.8, 4) is 5.69 Å². The maximum absolute atomic E-state index is 13.5. The number of amides is 1. The largest absolute Gasteiger partial charge is 0.346 e. The minimum absolute atomic E-state index is 0.119. The van der Waals surface area contributed by atoms with Gasteiger partial charge in [-0.1, -0.05) is 19.1 Å². The van der Waals surface area contributed by atoms with Crippen molar-refractivity contribution in [1.82, 2.24) is 19.4 Å². The Bertz CT molecular complexity index is 1010. The number of halogens is 1. The van der Waals surface area contributed by atoms with Gasteiger partial charge in [-0.25, -0.2) is 9.37 Å². The molecule has 6 heteroatoms. The van der Waals surface area contributed by atoms with Crippen LogP contribution in [0.15, 0.2) is 48.5 Å². The number of piperidine rings is 1. The van der Waals surface area contributed by atoms with E-state index in [0.717, 1.165) is 61.4 Å². The van der Waals surface area contributed by atoms with Crippen molar-refractivity contribution in [2.24, 2.45) is 5.92 Å². The minimum atomic E-state index is -0.246. The standard InChI is InChI=1S/C24H29FN4O/c1-3-14-27(2)24(30)18-12-15-28(16-13-18)17-23-26-21-6-4-5-7-22(21)29(23)20-10-8-19(25)9-11-20/h4-11,18H,3,12-17H2,1-2H3. The first-order chi connectivity index (χ1) is 14.6. The van der Waals surface area contributed by atoms with Gasteiger partial charge in [0.1, 0.15) is 11.6 Å². The molecule has 1 aliphatic rings. The summed E-state index contributed by atoms with van der Waals surface area (Å²) in [5.74, 6) is 1.09. The van der Waals surface area contributed by atoms with Crippen LogP contribution in [0.25, 0.3) is 16.7 Å². The SMILES string of the molecule is CCCN(C)C(=O)C1CCN(Cc2nc3ccccc3n2-c2ccc(F)cc2)CC1. The lowest BCUT2D eigenvalue weighted by Gasteiger charge is -2.33. The number of nitrogens with zero attached hydrogens (tertiary/aromatic N) is 4. The summed E-state index contributed by atoms with van der Waals surface area (Å²) >= 11 is 0. The summed E-state index contributed by atoms with van der Waals surface area (Å²) in [7, 11) is 1.91. The monoisotopic (exact) mass is 408 g/mol. The van der Waals surface area contributed by atoms with E-state index in [-0.39, 0.29) is 17.6 Å². The lowest BCUT2D eigenvalue weighted by Crippen LogP contribution is -2.41. The van der Waals surface area contributed by atoms with Gasteiger partial charge in [0.05, 0.1) is 17.6 Å². The number of imidazole rings is 1. The second kappa shape index (κ2) is 8.96. The van der Waals surface area contributed by atoms with Gasteiger partial charge in [-0.15, -0.1) is 0 Å². The quantitative estimate of drug-likeness (QED) is 0.612. The van der Waals surface area contributed by atoms with E-state index < -0.39 is 0 Å². The van der Waals surface area contributed by atoms with Crippen molar-refractivity contribution < 1.29 is 9.18 Å². The van der Waals surface area contributed by atoms with Gasteiger partial charge in [0.15, 0.2) is 0 Å². The number of fused-ring (bicyclic) bond motifs is 1. The number of rotatable bonds is 6. The molecule has 0 N–H and O–H groups in total. The fourth-order valence-corrected chi connectivity index (χ4v) is 4.36. The molecule has 0 spiro atoms. The van der Waals surface area contributed by atoms with Crippen LogP contribution < -0.4 is 0 Å². The van der Waals surface area contributed by atoms with Crippen LogP contribution in [0.1, 0.15) is 32.0 Å². The molecule has 1 fully saturated rings. The van der Waals surface area contributed by atoms with Crippen LogP contribution in [-0.2, 0) is 11.3 Å². The van der Waals surface area contributed by atoms with Gasteiger partial charge < -0.3 is 4.90 Å². The number of likely N-dealkylation sites (tertiary alicyclic amines) is 1. The highest BCUT2D eigenvalue weighted by Gasteiger charge is 2.27. The number of benzene rings is 2. The van der Waals surface area contributed by atoms with Gasteiger partial charge in [0.25, 0.3) is 0 Å². The van der Waals surface area contributed by atoms with Crippen molar-refractivity contribution >= 4 is 16.9 Å². The molecular weight excluding hydrogens is 379 g/mol. The lowest BCUT2D eigenvalue weighted by molar-refractivity contribution is -0.135. The van der Waals surface area contributed by atoms with Gasteiger partial charge >= 0.3 is 0 Å². The molecule has 0 unspecified atom stereocenters. The summed E-state index contributed by atoms with van der Waals surface area (Å²) in [5, 5.41) is 0. The number of carbonyl (C=O) groups excluding carboxylic acids is 1. The summed E-state index contributed by atoms with van der Waals surface area (Å²) in [6.45, 7) is 5.38. The van der Waals surface area contributed by atoms with Crippen molar-refractivity contribution in [3.05, 3.63) is 60.2 Å². The molecule has 2 heterocycles. The van der Waals surface area contributed by atoms with E-state index in [2.05, 4.69) is 16.4 Å². The predicted molar refractivity (Wildman–Crippen MR) is 117 cm³/mol. The van der Waals surface area contributed by atoms with Gasteiger partial charge in [-0.05, 0) is 68.8 Å². The lowest BCUT2D eigenvalue weighted by atomic mass is 9.95. The number of hydrogen-bond acceptors (Lipinski definition) is 3. The fraction of sp³-hybridized carbons (Fsp3) is 0.417. The van der Waals surface area contributed by atoms with Crippen LogP contribution in [0.4, 0.5) is 4.39 Å². The molecule has 1 aliphatic heterocycles. The maximum atomic E-state index is 13.5. The molecule has 2 aromatic carbocycles. The van der Waals surface area contributed by atoms with Gasteiger partial charge in [-0.2, -0.15) is 0 Å². The summed E-state index contributed by atoms with van der Waals surface area (Å²) in [6, 6.07) is 14.6. The smallest absolute Gasteiger partial charge is 0.225 e. The van der Waals surface area contributed by atoms with E-state index in [1.54, 1.807) is 12.1 Å². The van der Waals surface area contributed by atoms with Gasteiger partial charge in [0, 0.05) is 25.2 Å². The first-order valence-electron chi connectivity index (χ1n) is 10.8. The van der Waals surface area contributed by atoms with E-state index in [0.29, 0.717) is 6.54 Å². The first-order valence-corrected chi connectivity index (χ1v) is 10.8. The Morgan fingerprint density at radius 1 is 1.13 bits per heavy atom. The second-order valence-corrected chi connectivity index (χ2v) is 8.14. The molecule has 1 amide bonds. The fourth-order valence-electron chi connectivity index (χ4n) is 4.36. The Morgan fingerprint density at radius 2 is 1.83 bits per heavy atom. The highest BCUT2D eigenvalue weighted by atomic mass is 19.1. The zero-order valence-electron chi connectivity index (χ0n) is 17.7. The number of hydrogen-bond donors (Lipinski definition) is 0. The normalized spacial score (nSPS) is 15.6. The molecule has 5 nitrogen and oxygen atoms in total. The van der Waals surface area contributed by atoms with Gasteiger partial charge in [0.2, 0.25) is 5.91 Å². The van der Waals surface area contributed by atoms with E-state index in [1.807, 2.05) is 36.2 Å². The maximum Gasteiger partial charge on any atom is 0.225 e. The Kier molecular flexibility index (Phi) is 6.13. The third-order valence-electron chi connectivity index (χ3n) is 5.95. The van der Waals surface area contributed by atoms with E-state index in [4.69, 9.17) is 4.98 Å². The molecule has 0 bridgehead atoms. The summed E-state index contributed by atoms with van der Waals surface area (Å²) in [6.07, 6.45) is 2.74. The van der Waals surface area contributed by atoms with Crippen LogP contribution in [0, 0.1) is 11.7 Å². The van der Waals surface area contributed by atoms with Crippen molar-refractivity contribution in [3.63, 3.8) is 0 Å². The second-order valence-electron chi connectivity index (χ2n) is 8.14. The molecule has 4 rings (SSSR count). The average molecular weight is 409 g/mol. The molecule has 0 atom stereocenters. The highest BCUT2D eigenvalue weighted by molar-refractivity contribution is 5.79. The molecule has 1 aromatic heterocycles. The molecular formula is C24H29FN4O. The van der Waals surface area contributed by atoms with Crippen LogP contribution in [-0.4, -0.2) is 51.9 Å². The predicted octanol–water partition coefficient (Wildman–Crippen LogP) is 4.25. The van der Waals surface area contributed by atoms with Gasteiger partial charge in [-0.3, -0.25) is 14.3 Å². The number of para-hydroxylation sites is 2. The zero-order valence-corrected chi connectivity index (χ0v) is 17.7. The Hall–Kier alpha value is -2.73. The molecule has 0 aliphatic carbocycles. The van der Waals surface area contributed by atoms with Crippen LogP contribution >= 0.6 is 0 Å². The van der Waals surface area contributed by atoms with E-state index in [9.17, 15) is 9.18 Å². The van der Waals surface area contributed by atoms with Crippen molar-refractivity contribution in [1.29, 1.82) is 0 Å². The van der Waals surface area contributed by atoms with E-state index in [1.165, 1.54) is 12.1 Å². The number of carbonyl (C=O) groups is 1. The van der Waals surface area contributed by atoms with E-state index >= 15 is 0 Å². The summed E-state index contributed by atoms with van der Waals surface area (Å²) < 4.78 is 15.6. The molecule has 3 aromatic rings. The van der Waals surface area contributed by atoms with Crippen LogP contribution in [0.3, 0.4) is 0 Å². The zero-order chi connectivity index (χ0) is 21.1. The third-order valence-corrected chi connectivity index (χ3v) is 5.95. The summed E-state index contributed by atoms with van der Waals surface area (Å²) in [5.41, 5.74) is 2.86. The van der Waals surface area contributed by atoms with Crippen molar-refractivity contribution in [2.75, 3.05) is 26.7 Å². The minimum Gasteiger partial charge on any atom is -0.346 e. The van der Waals surface area contributed by atoms with Crippen LogP contribution in [0.5, 0.6) is 0 Å². The van der Waals surface area contributed by atoms with Crippen LogP contribution in [0.2, 0.25) is 0 Å². The Labute approximate surface area is 177 Å². The molecule has 1 saturated heterocycles. The highest BCUT2D eigenvalue weighted by Crippen LogP contribution is 2.25. The molecule has 158 valence electrons. The molecule has 0 saturated carbocycles. The Balaban J connectivity index is 1.52. The third kappa shape index (κ3) is 4.24. The summed E-state index contributed by atoms with van der Waals surface area (Å²) in [4.78, 5) is 21.7. The first kappa shape index (κ1) is 20.5. The molecule has 0 radical (unpaired) electrons. The average Bonchev–Trinajstić information content (AvgIpc) is 3.12. The Morgan fingerprint density at radius 3 is 2.53 bits per heavy atom. The number of aromatic nitrogens is 2. The van der Waals surface area contributed by atoms with Crippen molar-refractivity contribution in [2.45, 2.75) is 32.7 Å².